The molecule has 1 fully saturated rings. The average molecular weight is 380 g/mol. The van der Waals surface area contributed by atoms with E-state index in [1.165, 1.54) is 6.92 Å². The summed E-state index contributed by atoms with van der Waals surface area (Å²) in [7, 11) is 0. The van der Waals surface area contributed by atoms with Crippen LogP contribution in [0.5, 0.6) is 0 Å². The van der Waals surface area contributed by atoms with E-state index in [4.69, 9.17) is 5.73 Å². The molecule has 28 heavy (non-hydrogen) atoms. The molecule has 4 N–H and O–H groups in total. The number of nitrogens with two attached hydrogens (primary N) is 1. The number of nitrogens with zero attached hydrogens (tertiary/aromatic N) is 1. The second-order valence-electron chi connectivity index (χ2n) is 6.92. The van der Waals surface area contributed by atoms with Crippen LogP contribution in [0.4, 0.5) is 17.1 Å². The molecular weight excluding hydrogens is 356 g/mol. The van der Waals surface area contributed by atoms with E-state index < -0.39 is 0 Å². The van der Waals surface area contributed by atoms with Crippen molar-refractivity contribution < 1.29 is 14.4 Å². The summed E-state index contributed by atoms with van der Waals surface area (Å²) in [6.07, 6.45) is 1.53. The summed E-state index contributed by atoms with van der Waals surface area (Å²) in [5.74, 6) is -0.629. The summed E-state index contributed by atoms with van der Waals surface area (Å²) in [5, 5.41) is 5.53. The molecule has 0 aliphatic carbocycles. The molecule has 0 aromatic heterocycles. The number of amides is 3. The van der Waals surface area contributed by atoms with Gasteiger partial charge in [0.15, 0.2) is 0 Å². The SMILES string of the molecule is CC(=O)Nc1ccc(C(=O)Nc2ccc(N3CCC(C(N)=O)CC3)cc2)cc1. The highest BCUT2D eigenvalue weighted by Crippen LogP contribution is 2.24. The van der Waals surface area contributed by atoms with Crippen molar-refractivity contribution in [2.45, 2.75) is 19.8 Å². The van der Waals surface area contributed by atoms with Crippen LogP contribution in [0.3, 0.4) is 0 Å². The highest BCUT2D eigenvalue weighted by Gasteiger charge is 2.23. The Morgan fingerprint density at radius 1 is 0.893 bits per heavy atom. The summed E-state index contributed by atoms with van der Waals surface area (Å²) < 4.78 is 0. The molecule has 0 atom stereocenters. The second kappa shape index (κ2) is 8.56. The number of hydrogen-bond donors (Lipinski definition) is 3. The van der Waals surface area contributed by atoms with Crippen LogP contribution in [-0.4, -0.2) is 30.8 Å². The van der Waals surface area contributed by atoms with Crippen molar-refractivity contribution >= 4 is 34.8 Å². The number of hydrogen-bond acceptors (Lipinski definition) is 4. The third-order valence-corrected chi connectivity index (χ3v) is 4.86. The van der Waals surface area contributed by atoms with Crippen molar-refractivity contribution in [2.24, 2.45) is 11.7 Å². The van der Waals surface area contributed by atoms with Crippen molar-refractivity contribution in [1.82, 2.24) is 0 Å². The zero-order valence-electron chi connectivity index (χ0n) is 15.8. The minimum atomic E-state index is -0.220. The molecule has 0 spiro atoms. The smallest absolute Gasteiger partial charge is 0.255 e. The van der Waals surface area contributed by atoms with Crippen molar-refractivity contribution in [3.63, 3.8) is 0 Å². The maximum Gasteiger partial charge on any atom is 0.255 e. The maximum absolute atomic E-state index is 12.4. The Balaban J connectivity index is 1.57. The monoisotopic (exact) mass is 380 g/mol. The molecule has 0 saturated carbocycles. The Morgan fingerprint density at radius 2 is 1.43 bits per heavy atom. The first-order valence-corrected chi connectivity index (χ1v) is 9.26. The number of carbonyl (C=O) groups is 3. The van der Waals surface area contributed by atoms with Gasteiger partial charge in [-0.1, -0.05) is 0 Å². The third kappa shape index (κ3) is 4.88. The normalized spacial score (nSPS) is 14.4. The summed E-state index contributed by atoms with van der Waals surface area (Å²) in [5.41, 5.74) is 8.29. The van der Waals surface area contributed by atoms with Crippen molar-refractivity contribution in [3.05, 3.63) is 54.1 Å². The van der Waals surface area contributed by atoms with Gasteiger partial charge in [-0.2, -0.15) is 0 Å². The number of piperidine rings is 1. The average Bonchev–Trinajstić information content (AvgIpc) is 2.69. The predicted octanol–water partition coefficient (Wildman–Crippen LogP) is 2.60. The molecule has 0 unspecified atom stereocenters. The number of carbonyl (C=O) groups excluding carboxylic acids is 3. The van der Waals surface area contributed by atoms with Crippen LogP contribution in [0.15, 0.2) is 48.5 Å². The third-order valence-electron chi connectivity index (χ3n) is 4.86. The fraction of sp³-hybridized carbons (Fsp3) is 0.286. The number of benzene rings is 2. The lowest BCUT2D eigenvalue weighted by atomic mass is 9.96. The van der Waals surface area contributed by atoms with Crippen molar-refractivity contribution in [3.8, 4) is 0 Å². The van der Waals surface area contributed by atoms with Crippen LogP contribution in [0.1, 0.15) is 30.1 Å². The van der Waals surface area contributed by atoms with E-state index >= 15 is 0 Å². The van der Waals surface area contributed by atoms with Crippen LogP contribution >= 0.6 is 0 Å². The first kappa shape index (κ1) is 19.4. The van der Waals surface area contributed by atoms with Gasteiger partial charge in [-0.3, -0.25) is 14.4 Å². The lowest BCUT2D eigenvalue weighted by Gasteiger charge is -2.32. The van der Waals surface area contributed by atoms with Gasteiger partial charge in [0.2, 0.25) is 11.8 Å². The van der Waals surface area contributed by atoms with Gasteiger partial charge in [0, 0.05) is 48.6 Å². The van der Waals surface area contributed by atoms with Gasteiger partial charge < -0.3 is 21.3 Å². The van der Waals surface area contributed by atoms with Crippen molar-refractivity contribution in [2.75, 3.05) is 28.6 Å². The molecule has 1 aliphatic rings. The molecule has 0 radical (unpaired) electrons. The highest BCUT2D eigenvalue weighted by molar-refractivity contribution is 6.04. The van der Waals surface area contributed by atoms with Gasteiger partial charge in [0.25, 0.3) is 5.91 Å². The molecule has 2 aromatic carbocycles. The highest BCUT2D eigenvalue weighted by atomic mass is 16.2. The van der Waals surface area contributed by atoms with Crippen molar-refractivity contribution in [1.29, 1.82) is 0 Å². The fourth-order valence-electron chi connectivity index (χ4n) is 3.29. The lowest BCUT2D eigenvalue weighted by Crippen LogP contribution is -2.38. The zero-order valence-corrected chi connectivity index (χ0v) is 15.8. The standard InChI is InChI=1S/C21H24N4O3/c1-14(26)23-17-4-2-16(3-5-17)21(28)24-18-6-8-19(9-7-18)25-12-10-15(11-13-25)20(22)27/h2-9,15H,10-13H2,1H3,(H2,22,27)(H,23,26)(H,24,28). The van der Waals surface area contributed by atoms with Crippen LogP contribution in [0.25, 0.3) is 0 Å². The Morgan fingerprint density at radius 3 is 1.96 bits per heavy atom. The summed E-state index contributed by atoms with van der Waals surface area (Å²) in [4.78, 5) is 36.9. The molecule has 3 rings (SSSR count). The fourth-order valence-corrected chi connectivity index (χ4v) is 3.29. The minimum absolute atomic E-state index is 0.0353. The molecule has 1 aliphatic heterocycles. The Bertz CT molecular complexity index is 854. The maximum atomic E-state index is 12.4. The topological polar surface area (TPSA) is 105 Å². The molecular formula is C21H24N4O3. The summed E-state index contributed by atoms with van der Waals surface area (Å²) >= 11 is 0. The Labute approximate surface area is 163 Å². The molecule has 0 bridgehead atoms. The Hall–Kier alpha value is -3.35. The van der Waals surface area contributed by atoms with Gasteiger partial charge in [0.1, 0.15) is 0 Å². The number of anilines is 3. The lowest BCUT2D eigenvalue weighted by molar-refractivity contribution is -0.122. The molecule has 1 heterocycles. The van der Waals surface area contributed by atoms with E-state index in [2.05, 4.69) is 15.5 Å². The number of primary amides is 1. The Kier molecular flexibility index (Phi) is 5.93. The summed E-state index contributed by atoms with van der Waals surface area (Å²) in [6, 6.07) is 14.3. The van der Waals surface area contributed by atoms with E-state index in [-0.39, 0.29) is 23.6 Å². The van der Waals surface area contributed by atoms with Crippen LogP contribution in [0.2, 0.25) is 0 Å². The zero-order chi connectivity index (χ0) is 20.1. The van der Waals surface area contributed by atoms with E-state index in [9.17, 15) is 14.4 Å². The van der Waals surface area contributed by atoms with Gasteiger partial charge in [-0.15, -0.1) is 0 Å². The first-order chi connectivity index (χ1) is 13.4. The molecule has 146 valence electrons. The van der Waals surface area contributed by atoms with E-state index in [0.29, 0.717) is 16.9 Å². The molecule has 2 aromatic rings. The van der Waals surface area contributed by atoms with Gasteiger partial charge in [0.05, 0.1) is 0 Å². The van der Waals surface area contributed by atoms with Crippen LogP contribution in [-0.2, 0) is 9.59 Å². The molecule has 7 nitrogen and oxygen atoms in total. The second-order valence-corrected chi connectivity index (χ2v) is 6.92. The van der Waals surface area contributed by atoms with Crippen LogP contribution in [0, 0.1) is 5.92 Å². The number of rotatable bonds is 5. The van der Waals surface area contributed by atoms with E-state index in [1.807, 2.05) is 24.3 Å². The van der Waals surface area contributed by atoms with Gasteiger partial charge >= 0.3 is 0 Å². The quantitative estimate of drug-likeness (QED) is 0.741. The molecule has 3 amide bonds. The minimum Gasteiger partial charge on any atom is -0.371 e. The number of nitrogens with one attached hydrogen (secondary N) is 2. The molecule has 1 saturated heterocycles. The van der Waals surface area contributed by atoms with Gasteiger partial charge in [-0.05, 0) is 61.4 Å². The first-order valence-electron chi connectivity index (χ1n) is 9.26. The van der Waals surface area contributed by atoms with Crippen LogP contribution < -0.4 is 21.3 Å². The van der Waals surface area contributed by atoms with E-state index in [1.54, 1.807) is 24.3 Å². The summed E-state index contributed by atoms with van der Waals surface area (Å²) in [6.45, 7) is 3.02. The molecule has 7 heteroatoms. The van der Waals surface area contributed by atoms with Gasteiger partial charge in [-0.25, -0.2) is 0 Å². The predicted molar refractivity (Wildman–Crippen MR) is 109 cm³/mol. The largest absolute Gasteiger partial charge is 0.371 e. The van der Waals surface area contributed by atoms with E-state index in [0.717, 1.165) is 31.6 Å².